The third-order valence-corrected chi connectivity index (χ3v) is 2.34. The SMILES string of the molecule is CCCCCC(C)(O)CC(F)(F)C(F)(F)F. The number of alkyl halides is 5. The van der Waals surface area contributed by atoms with Gasteiger partial charge >= 0.3 is 12.1 Å². The molecule has 0 amide bonds. The molecule has 98 valence electrons. The molecule has 1 nitrogen and oxygen atoms in total. The third kappa shape index (κ3) is 5.09. The summed E-state index contributed by atoms with van der Waals surface area (Å²) < 4.78 is 61.0. The van der Waals surface area contributed by atoms with Gasteiger partial charge in [0.15, 0.2) is 0 Å². The van der Waals surface area contributed by atoms with Crippen LogP contribution < -0.4 is 0 Å². The molecule has 0 heterocycles. The van der Waals surface area contributed by atoms with E-state index >= 15 is 0 Å². The highest BCUT2D eigenvalue weighted by Crippen LogP contribution is 2.42. The highest BCUT2D eigenvalue weighted by molar-refractivity contribution is 4.86. The Bertz CT molecular complexity index is 210. The molecule has 0 radical (unpaired) electrons. The molecule has 0 saturated carbocycles. The van der Waals surface area contributed by atoms with Crippen LogP contribution >= 0.6 is 0 Å². The van der Waals surface area contributed by atoms with Crippen molar-refractivity contribution in [2.24, 2.45) is 0 Å². The first-order valence-corrected chi connectivity index (χ1v) is 5.19. The minimum atomic E-state index is -5.60. The highest BCUT2D eigenvalue weighted by Gasteiger charge is 2.59. The lowest BCUT2D eigenvalue weighted by molar-refractivity contribution is -0.296. The molecule has 0 aromatic rings. The molecule has 0 rings (SSSR count). The van der Waals surface area contributed by atoms with Gasteiger partial charge in [0, 0.05) is 6.42 Å². The predicted octanol–water partition coefficient (Wildman–Crippen LogP) is 3.91. The summed E-state index contributed by atoms with van der Waals surface area (Å²) in [5, 5.41) is 9.46. The Morgan fingerprint density at radius 2 is 1.50 bits per heavy atom. The van der Waals surface area contributed by atoms with Gasteiger partial charge in [0.1, 0.15) is 0 Å². The number of hydrogen-bond acceptors (Lipinski definition) is 1. The second-order valence-corrected chi connectivity index (χ2v) is 4.33. The standard InChI is InChI=1S/C10H17F5O/c1-3-4-5-6-8(2,16)7-9(11,12)10(13,14)15/h16H,3-7H2,1-2H3. The second-order valence-electron chi connectivity index (χ2n) is 4.33. The van der Waals surface area contributed by atoms with Crippen molar-refractivity contribution in [2.75, 3.05) is 0 Å². The van der Waals surface area contributed by atoms with Crippen LogP contribution in [0.3, 0.4) is 0 Å². The maximum atomic E-state index is 12.7. The van der Waals surface area contributed by atoms with Gasteiger partial charge in [-0.2, -0.15) is 22.0 Å². The Labute approximate surface area is 91.6 Å². The zero-order valence-electron chi connectivity index (χ0n) is 9.37. The Morgan fingerprint density at radius 3 is 1.88 bits per heavy atom. The van der Waals surface area contributed by atoms with E-state index in [1.807, 2.05) is 6.92 Å². The zero-order valence-corrected chi connectivity index (χ0v) is 9.37. The molecule has 1 unspecified atom stereocenters. The smallest absolute Gasteiger partial charge is 0.390 e. The molecule has 1 N–H and O–H groups in total. The van der Waals surface area contributed by atoms with Crippen molar-refractivity contribution in [3.63, 3.8) is 0 Å². The van der Waals surface area contributed by atoms with Crippen LogP contribution in [0.2, 0.25) is 0 Å². The maximum Gasteiger partial charge on any atom is 0.453 e. The summed E-state index contributed by atoms with van der Waals surface area (Å²) in [6, 6.07) is 0. The minimum Gasteiger partial charge on any atom is -0.390 e. The highest BCUT2D eigenvalue weighted by atomic mass is 19.4. The molecular formula is C10H17F5O. The fourth-order valence-corrected chi connectivity index (χ4v) is 1.42. The first-order valence-electron chi connectivity index (χ1n) is 5.19. The first kappa shape index (κ1) is 15.6. The van der Waals surface area contributed by atoms with E-state index in [1.54, 1.807) is 0 Å². The maximum absolute atomic E-state index is 12.7. The molecule has 6 heteroatoms. The lowest BCUT2D eigenvalue weighted by Crippen LogP contribution is -2.43. The van der Waals surface area contributed by atoms with Crippen molar-refractivity contribution < 1.29 is 27.1 Å². The van der Waals surface area contributed by atoms with E-state index in [4.69, 9.17) is 0 Å². The number of rotatable bonds is 6. The largest absolute Gasteiger partial charge is 0.453 e. The van der Waals surface area contributed by atoms with Gasteiger partial charge in [0.25, 0.3) is 0 Å². The van der Waals surface area contributed by atoms with Crippen LogP contribution in [0, 0.1) is 0 Å². The summed E-state index contributed by atoms with van der Waals surface area (Å²) >= 11 is 0. The van der Waals surface area contributed by atoms with Crippen LogP contribution in [0.5, 0.6) is 0 Å². The van der Waals surface area contributed by atoms with Gasteiger partial charge in [-0.05, 0) is 13.3 Å². The Morgan fingerprint density at radius 1 is 1.00 bits per heavy atom. The molecule has 0 saturated heterocycles. The number of aliphatic hydroxyl groups is 1. The summed E-state index contributed by atoms with van der Waals surface area (Å²) in [6.45, 7) is 2.89. The molecule has 0 spiro atoms. The van der Waals surface area contributed by atoms with Crippen LogP contribution in [0.1, 0.15) is 46.0 Å². The van der Waals surface area contributed by atoms with E-state index in [0.29, 0.717) is 12.8 Å². The topological polar surface area (TPSA) is 20.2 Å². The Kier molecular flexibility index (Phi) is 5.16. The monoisotopic (exact) mass is 248 g/mol. The normalized spacial score (nSPS) is 17.2. The van der Waals surface area contributed by atoms with Crippen LogP contribution in [-0.4, -0.2) is 22.8 Å². The van der Waals surface area contributed by atoms with Crippen LogP contribution in [0.15, 0.2) is 0 Å². The van der Waals surface area contributed by atoms with E-state index in [2.05, 4.69) is 0 Å². The average molecular weight is 248 g/mol. The number of unbranched alkanes of at least 4 members (excludes halogenated alkanes) is 2. The quantitative estimate of drug-likeness (QED) is 0.558. The lowest BCUT2D eigenvalue weighted by atomic mass is 9.91. The fraction of sp³-hybridized carbons (Fsp3) is 1.00. The molecule has 0 fully saturated rings. The molecule has 0 aliphatic heterocycles. The second kappa shape index (κ2) is 5.29. The van der Waals surface area contributed by atoms with E-state index < -0.39 is 24.1 Å². The number of hydrogen-bond donors (Lipinski definition) is 1. The Hall–Kier alpha value is -0.390. The van der Waals surface area contributed by atoms with Gasteiger partial charge in [0.05, 0.1) is 5.60 Å². The average Bonchev–Trinajstić information content (AvgIpc) is 1.99. The van der Waals surface area contributed by atoms with Crippen LogP contribution in [0.25, 0.3) is 0 Å². The zero-order chi connectivity index (χ0) is 13.0. The van der Waals surface area contributed by atoms with Crippen molar-refractivity contribution in [1.82, 2.24) is 0 Å². The van der Waals surface area contributed by atoms with E-state index in [1.165, 1.54) is 0 Å². The molecule has 0 aromatic carbocycles. The van der Waals surface area contributed by atoms with Gasteiger partial charge in [-0.1, -0.05) is 26.2 Å². The predicted molar refractivity (Wildman–Crippen MR) is 50.4 cm³/mol. The van der Waals surface area contributed by atoms with Crippen molar-refractivity contribution >= 4 is 0 Å². The summed E-state index contributed by atoms with van der Waals surface area (Å²) in [4.78, 5) is 0. The minimum absolute atomic E-state index is 0.0491. The molecule has 0 aromatic heterocycles. The molecular weight excluding hydrogens is 231 g/mol. The molecule has 1 atom stereocenters. The van der Waals surface area contributed by atoms with Crippen LogP contribution in [0.4, 0.5) is 22.0 Å². The summed E-state index contributed by atoms with van der Waals surface area (Å²) in [5.41, 5.74) is -1.98. The van der Waals surface area contributed by atoms with Gasteiger partial charge in [-0.3, -0.25) is 0 Å². The molecule has 16 heavy (non-hydrogen) atoms. The summed E-state index contributed by atoms with van der Waals surface area (Å²) in [7, 11) is 0. The van der Waals surface area contributed by atoms with Gasteiger partial charge in [-0.15, -0.1) is 0 Å². The van der Waals surface area contributed by atoms with E-state index in [0.717, 1.165) is 13.3 Å². The Balaban J connectivity index is 4.34. The van der Waals surface area contributed by atoms with E-state index in [-0.39, 0.29) is 6.42 Å². The molecule has 0 bridgehead atoms. The molecule has 0 aliphatic rings. The van der Waals surface area contributed by atoms with Crippen molar-refractivity contribution in [2.45, 2.75) is 63.7 Å². The lowest BCUT2D eigenvalue weighted by Gasteiger charge is -2.29. The third-order valence-electron chi connectivity index (χ3n) is 2.34. The first-order chi connectivity index (χ1) is 7.02. The van der Waals surface area contributed by atoms with Crippen LogP contribution in [-0.2, 0) is 0 Å². The van der Waals surface area contributed by atoms with Gasteiger partial charge in [-0.25, -0.2) is 0 Å². The van der Waals surface area contributed by atoms with E-state index in [9.17, 15) is 27.1 Å². The van der Waals surface area contributed by atoms with Gasteiger partial charge in [0.2, 0.25) is 0 Å². The summed E-state index contributed by atoms with van der Waals surface area (Å²) in [6.07, 6.45) is -5.27. The van der Waals surface area contributed by atoms with Gasteiger partial charge < -0.3 is 5.11 Å². The van der Waals surface area contributed by atoms with Crippen molar-refractivity contribution in [1.29, 1.82) is 0 Å². The number of halogens is 5. The fourth-order valence-electron chi connectivity index (χ4n) is 1.42. The molecule has 0 aliphatic carbocycles. The van der Waals surface area contributed by atoms with Crippen molar-refractivity contribution in [3.05, 3.63) is 0 Å². The summed E-state index contributed by atoms with van der Waals surface area (Å²) in [5.74, 6) is -4.83. The van der Waals surface area contributed by atoms with Crippen molar-refractivity contribution in [3.8, 4) is 0 Å².